The van der Waals surface area contributed by atoms with E-state index in [1.807, 2.05) is 31.2 Å². The number of hydroxylamine groups is 1. The first-order valence-corrected chi connectivity index (χ1v) is 9.08. The van der Waals surface area contributed by atoms with Gasteiger partial charge in [0.2, 0.25) is 0 Å². The van der Waals surface area contributed by atoms with Crippen molar-refractivity contribution in [3.8, 4) is 0 Å². The molecule has 0 amide bonds. The molecular formula is C22H26N2O2. The second-order valence-corrected chi connectivity index (χ2v) is 7.08. The number of benzene rings is 2. The number of hydrogen-bond acceptors (Lipinski definition) is 4. The lowest BCUT2D eigenvalue weighted by Gasteiger charge is -2.31. The van der Waals surface area contributed by atoms with Crippen LogP contribution in [0.4, 0.5) is 0 Å². The summed E-state index contributed by atoms with van der Waals surface area (Å²) in [5.41, 5.74) is 8.60. The average molecular weight is 350 g/mol. The normalized spacial score (nSPS) is 21.9. The van der Waals surface area contributed by atoms with Crippen LogP contribution >= 0.6 is 0 Å². The van der Waals surface area contributed by atoms with Crippen LogP contribution in [0.3, 0.4) is 0 Å². The molecule has 0 aromatic heterocycles. The van der Waals surface area contributed by atoms with Crippen molar-refractivity contribution in [1.29, 1.82) is 0 Å². The van der Waals surface area contributed by atoms with Gasteiger partial charge in [-0.15, -0.1) is 0 Å². The van der Waals surface area contributed by atoms with E-state index in [1.165, 1.54) is 11.1 Å². The summed E-state index contributed by atoms with van der Waals surface area (Å²) < 4.78 is 0. The molecule has 1 fully saturated rings. The van der Waals surface area contributed by atoms with Crippen molar-refractivity contribution in [2.45, 2.75) is 39.2 Å². The second-order valence-electron chi connectivity index (χ2n) is 7.08. The van der Waals surface area contributed by atoms with Gasteiger partial charge in [-0.05, 0) is 55.9 Å². The molecule has 1 aliphatic rings. The molecule has 0 radical (unpaired) electrons. The van der Waals surface area contributed by atoms with Gasteiger partial charge in [-0.25, -0.2) is 0 Å². The molecule has 4 heteroatoms. The third kappa shape index (κ3) is 4.03. The third-order valence-corrected chi connectivity index (χ3v) is 5.15. The van der Waals surface area contributed by atoms with E-state index in [9.17, 15) is 10.4 Å². The summed E-state index contributed by atoms with van der Waals surface area (Å²) in [5, 5.41) is 23.2. The highest BCUT2D eigenvalue weighted by Gasteiger charge is 2.32. The van der Waals surface area contributed by atoms with Crippen LogP contribution in [0.15, 0.2) is 59.3 Å². The first kappa shape index (κ1) is 18.4. The standard InChI is InChI=1S/C22H26N2O2/c1-15-6-10-17(11-7-15)14-19-4-3-5-20(22(19)24-26)21(23-25)18-12-8-16(2)9-13-18/h6-14,20-21,23,25-26H,3-5H2,1-2H3/b19-14-,24-22-/t20-,21-/m1/s1. The molecule has 2 aromatic rings. The van der Waals surface area contributed by atoms with Crippen LogP contribution in [0.2, 0.25) is 0 Å². The molecule has 3 N–H and O–H groups in total. The molecule has 1 saturated carbocycles. The zero-order valence-corrected chi connectivity index (χ0v) is 15.3. The highest BCUT2D eigenvalue weighted by Crippen LogP contribution is 2.36. The van der Waals surface area contributed by atoms with Crippen molar-refractivity contribution in [3.05, 3.63) is 76.4 Å². The number of rotatable bonds is 4. The molecule has 0 saturated heterocycles. The minimum Gasteiger partial charge on any atom is -0.411 e. The molecule has 136 valence electrons. The average Bonchev–Trinajstić information content (AvgIpc) is 2.66. The minimum absolute atomic E-state index is 0.0850. The van der Waals surface area contributed by atoms with E-state index in [-0.39, 0.29) is 12.0 Å². The summed E-state index contributed by atoms with van der Waals surface area (Å²) in [6.07, 6.45) is 4.81. The van der Waals surface area contributed by atoms with E-state index >= 15 is 0 Å². The van der Waals surface area contributed by atoms with Gasteiger partial charge in [0.15, 0.2) is 0 Å². The molecule has 1 aliphatic carbocycles. The van der Waals surface area contributed by atoms with Crippen molar-refractivity contribution in [1.82, 2.24) is 5.48 Å². The molecule has 0 unspecified atom stereocenters. The van der Waals surface area contributed by atoms with Crippen molar-refractivity contribution in [2.75, 3.05) is 0 Å². The highest BCUT2D eigenvalue weighted by molar-refractivity contribution is 6.06. The fourth-order valence-corrected chi connectivity index (χ4v) is 3.66. The Labute approximate surface area is 154 Å². The van der Waals surface area contributed by atoms with Crippen LogP contribution in [-0.2, 0) is 0 Å². The smallest absolute Gasteiger partial charge is 0.0878 e. The molecule has 3 rings (SSSR count). The summed E-state index contributed by atoms with van der Waals surface area (Å²) in [6, 6.07) is 16.1. The quantitative estimate of drug-likeness (QED) is 0.535. The van der Waals surface area contributed by atoms with Crippen LogP contribution in [-0.4, -0.2) is 16.1 Å². The van der Waals surface area contributed by atoms with Crippen LogP contribution in [0, 0.1) is 19.8 Å². The predicted molar refractivity (Wildman–Crippen MR) is 105 cm³/mol. The first-order valence-electron chi connectivity index (χ1n) is 9.08. The van der Waals surface area contributed by atoms with Crippen molar-refractivity contribution in [3.63, 3.8) is 0 Å². The zero-order valence-electron chi connectivity index (χ0n) is 15.3. The van der Waals surface area contributed by atoms with Gasteiger partial charge in [-0.2, -0.15) is 5.48 Å². The fourth-order valence-electron chi connectivity index (χ4n) is 3.66. The highest BCUT2D eigenvalue weighted by atomic mass is 16.5. The molecule has 0 aliphatic heterocycles. The number of oxime groups is 1. The third-order valence-electron chi connectivity index (χ3n) is 5.15. The van der Waals surface area contributed by atoms with Gasteiger partial charge < -0.3 is 10.4 Å². The summed E-state index contributed by atoms with van der Waals surface area (Å²) in [6.45, 7) is 4.10. The molecular weight excluding hydrogens is 324 g/mol. The topological polar surface area (TPSA) is 64.8 Å². The van der Waals surface area contributed by atoms with Crippen molar-refractivity contribution in [2.24, 2.45) is 11.1 Å². The van der Waals surface area contributed by atoms with E-state index < -0.39 is 0 Å². The maximum absolute atomic E-state index is 9.81. The molecule has 4 nitrogen and oxygen atoms in total. The first-order chi connectivity index (χ1) is 12.6. The summed E-state index contributed by atoms with van der Waals surface area (Å²) in [5.74, 6) is -0.0850. The number of nitrogens with zero attached hydrogens (tertiary/aromatic N) is 1. The van der Waals surface area contributed by atoms with E-state index in [0.29, 0.717) is 5.71 Å². The van der Waals surface area contributed by atoms with E-state index in [1.54, 1.807) is 0 Å². The lowest BCUT2D eigenvalue weighted by atomic mass is 9.77. The van der Waals surface area contributed by atoms with Gasteiger partial charge in [-0.3, -0.25) is 0 Å². The Morgan fingerprint density at radius 2 is 1.65 bits per heavy atom. The van der Waals surface area contributed by atoms with Gasteiger partial charge >= 0.3 is 0 Å². The second kappa shape index (κ2) is 8.30. The lowest BCUT2D eigenvalue weighted by molar-refractivity contribution is 0.106. The Bertz CT molecular complexity index is 792. The fraction of sp³-hybridized carbons (Fsp3) is 0.318. The number of nitrogens with one attached hydrogen (secondary N) is 1. The van der Waals surface area contributed by atoms with Gasteiger partial charge in [0.25, 0.3) is 0 Å². The molecule has 2 atom stereocenters. The Hall–Kier alpha value is -2.43. The predicted octanol–water partition coefficient (Wildman–Crippen LogP) is 5.04. The van der Waals surface area contributed by atoms with E-state index in [0.717, 1.165) is 36.0 Å². The van der Waals surface area contributed by atoms with Crippen LogP contribution in [0.5, 0.6) is 0 Å². The number of hydrogen-bond donors (Lipinski definition) is 3. The van der Waals surface area contributed by atoms with Crippen LogP contribution in [0.1, 0.15) is 47.6 Å². The Morgan fingerprint density at radius 1 is 1.04 bits per heavy atom. The van der Waals surface area contributed by atoms with Crippen molar-refractivity contribution >= 4 is 11.8 Å². The lowest BCUT2D eigenvalue weighted by Crippen LogP contribution is -2.34. The molecule has 26 heavy (non-hydrogen) atoms. The maximum Gasteiger partial charge on any atom is 0.0878 e. The molecule has 0 bridgehead atoms. The molecule has 2 aromatic carbocycles. The number of allylic oxidation sites excluding steroid dienone is 1. The Morgan fingerprint density at radius 3 is 2.23 bits per heavy atom. The van der Waals surface area contributed by atoms with Crippen LogP contribution in [0.25, 0.3) is 6.08 Å². The Kier molecular flexibility index (Phi) is 5.86. The number of aryl methyl sites for hydroxylation is 2. The van der Waals surface area contributed by atoms with Gasteiger partial charge in [0, 0.05) is 5.92 Å². The largest absolute Gasteiger partial charge is 0.411 e. The monoisotopic (exact) mass is 350 g/mol. The Balaban J connectivity index is 1.91. The van der Waals surface area contributed by atoms with Gasteiger partial charge in [0.05, 0.1) is 11.8 Å². The van der Waals surface area contributed by atoms with E-state index in [4.69, 9.17) is 0 Å². The molecule has 0 spiro atoms. The SMILES string of the molecule is Cc1ccc(/C=C2/CCC[C@H]([C@H](NO)c3ccc(C)cc3)/C2=N\O)cc1. The van der Waals surface area contributed by atoms with Gasteiger partial charge in [0.1, 0.15) is 0 Å². The summed E-state index contributed by atoms with van der Waals surface area (Å²) >= 11 is 0. The summed E-state index contributed by atoms with van der Waals surface area (Å²) in [7, 11) is 0. The zero-order chi connectivity index (χ0) is 18.5. The van der Waals surface area contributed by atoms with Crippen LogP contribution < -0.4 is 5.48 Å². The maximum atomic E-state index is 9.81. The minimum atomic E-state index is -0.303. The summed E-state index contributed by atoms with van der Waals surface area (Å²) in [4.78, 5) is 0. The van der Waals surface area contributed by atoms with Crippen molar-refractivity contribution < 1.29 is 10.4 Å². The molecule has 0 heterocycles. The van der Waals surface area contributed by atoms with Gasteiger partial charge in [-0.1, -0.05) is 64.8 Å². The van der Waals surface area contributed by atoms with E-state index in [2.05, 4.69) is 47.9 Å².